The first kappa shape index (κ1) is 19.4. The molecule has 1 rings (SSSR count). The molecule has 6 heteroatoms. The predicted molar refractivity (Wildman–Crippen MR) is 94.2 cm³/mol. The van der Waals surface area contributed by atoms with Crippen molar-refractivity contribution in [2.24, 2.45) is 5.73 Å². The Morgan fingerprint density at radius 1 is 1.26 bits per heavy atom. The summed E-state index contributed by atoms with van der Waals surface area (Å²) in [6, 6.07) is 8.82. The molecule has 0 spiro atoms. The SMILES string of the molecule is CSCC[C@@H](C(N)=O)N(Cc1ccccc1)C(=O)OC(C)(C)C. The standard InChI is InChI=1S/C17H26N2O3S/c1-17(2,3)22-16(21)19(12-13-8-6-5-7-9-13)14(15(18)20)10-11-23-4/h5-9,14H,10-12H2,1-4H3,(H2,18,20)/t14-/m0/s1. The highest BCUT2D eigenvalue weighted by Gasteiger charge is 2.31. The van der Waals surface area contributed by atoms with Crippen molar-refractivity contribution in [1.29, 1.82) is 0 Å². The van der Waals surface area contributed by atoms with E-state index in [0.29, 0.717) is 6.42 Å². The van der Waals surface area contributed by atoms with E-state index in [9.17, 15) is 9.59 Å². The van der Waals surface area contributed by atoms with Crippen LogP contribution >= 0.6 is 11.8 Å². The summed E-state index contributed by atoms with van der Waals surface area (Å²) < 4.78 is 5.46. The molecule has 0 unspecified atom stereocenters. The smallest absolute Gasteiger partial charge is 0.411 e. The monoisotopic (exact) mass is 338 g/mol. The number of rotatable bonds is 7. The summed E-state index contributed by atoms with van der Waals surface area (Å²) in [6.07, 6.45) is 1.93. The highest BCUT2D eigenvalue weighted by atomic mass is 32.2. The molecule has 1 aromatic carbocycles. The van der Waals surface area contributed by atoms with E-state index in [0.717, 1.165) is 11.3 Å². The van der Waals surface area contributed by atoms with Crippen LogP contribution in [0.5, 0.6) is 0 Å². The molecular formula is C17H26N2O3S. The molecule has 0 fully saturated rings. The van der Waals surface area contributed by atoms with Crippen LogP contribution in [-0.4, -0.2) is 40.6 Å². The van der Waals surface area contributed by atoms with E-state index in [-0.39, 0.29) is 6.54 Å². The zero-order chi connectivity index (χ0) is 17.5. The summed E-state index contributed by atoms with van der Waals surface area (Å²) in [7, 11) is 0. The Labute approximate surface area is 142 Å². The van der Waals surface area contributed by atoms with Crippen LogP contribution in [0.4, 0.5) is 4.79 Å². The fourth-order valence-corrected chi connectivity index (χ4v) is 2.54. The second kappa shape index (κ2) is 8.82. The third-order valence-electron chi connectivity index (χ3n) is 3.12. The van der Waals surface area contributed by atoms with Gasteiger partial charge in [0.05, 0.1) is 0 Å². The van der Waals surface area contributed by atoms with Crippen molar-refractivity contribution in [1.82, 2.24) is 4.90 Å². The number of primary amides is 1. The van der Waals surface area contributed by atoms with Gasteiger partial charge in [-0.15, -0.1) is 0 Å². The van der Waals surface area contributed by atoms with Crippen molar-refractivity contribution in [2.75, 3.05) is 12.0 Å². The second-order valence-electron chi connectivity index (χ2n) is 6.29. The van der Waals surface area contributed by atoms with Crippen molar-refractivity contribution in [2.45, 2.75) is 45.4 Å². The maximum atomic E-state index is 12.6. The van der Waals surface area contributed by atoms with Crippen LogP contribution in [0, 0.1) is 0 Å². The zero-order valence-corrected chi connectivity index (χ0v) is 15.1. The fourth-order valence-electron chi connectivity index (χ4n) is 2.08. The van der Waals surface area contributed by atoms with Gasteiger partial charge < -0.3 is 10.5 Å². The Morgan fingerprint density at radius 3 is 2.35 bits per heavy atom. The minimum atomic E-state index is -0.683. The minimum Gasteiger partial charge on any atom is -0.444 e. The first-order valence-electron chi connectivity index (χ1n) is 7.56. The molecule has 0 aliphatic carbocycles. The van der Waals surface area contributed by atoms with E-state index in [1.165, 1.54) is 4.90 Å². The number of hydrogen-bond acceptors (Lipinski definition) is 4. The van der Waals surface area contributed by atoms with Crippen LogP contribution in [0.3, 0.4) is 0 Å². The molecule has 5 nitrogen and oxygen atoms in total. The molecule has 1 aromatic rings. The maximum Gasteiger partial charge on any atom is 0.411 e. The molecule has 0 radical (unpaired) electrons. The average molecular weight is 338 g/mol. The van der Waals surface area contributed by atoms with Gasteiger partial charge in [0, 0.05) is 6.54 Å². The van der Waals surface area contributed by atoms with Crippen LogP contribution < -0.4 is 5.73 Å². The molecule has 2 amide bonds. The Bertz CT molecular complexity index is 514. The largest absolute Gasteiger partial charge is 0.444 e. The molecule has 23 heavy (non-hydrogen) atoms. The third-order valence-corrected chi connectivity index (χ3v) is 3.77. The van der Waals surface area contributed by atoms with E-state index in [2.05, 4.69) is 0 Å². The molecule has 2 N–H and O–H groups in total. The Morgan fingerprint density at radius 2 is 1.87 bits per heavy atom. The quantitative estimate of drug-likeness (QED) is 0.829. The Kier molecular flexibility index (Phi) is 7.42. The first-order valence-corrected chi connectivity index (χ1v) is 8.96. The summed E-state index contributed by atoms with van der Waals surface area (Å²) in [4.78, 5) is 25.9. The molecule has 128 valence electrons. The van der Waals surface area contributed by atoms with Gasteiger partial charge in [0.1, 0.15) is 11.6 Å². The Hall–Kier alpha value is -1.69. The number of carbonyl (C=O) groups excluding carboxylic acids is 2. The number of thioether (sulfide) groups is 1. The van der Waals surface area contributed by atoms with Gasteiger partial charge in [0.15, 0.2) is 0 Å². The summed E-state index contributed by atoms with van der Waals surface area (Å²) in [5, 5.41) is 0. The van der Waals surface area contributed by atoms with Crippen LogP contribution in [-0.2, 0) is 16.1 Å². The van der Waals surface area contributed by atoms with Crippen LogP contribution in [0.25, 0.3) is 0 Å². The molecule has 0 bridgehead atoms. The van der Waals surface area contributed by atoms with Crippen LogP contribution in [0.2, 0.25) is 0 Å². The number of ether oxygens (including phenoxy) is 1. The number of carbonyl (C=O) groups is 2. The number of nitrogens with two attached hydrogens (primary N) is 1. The average Bonchev–Trinajstić information content (AvgIpc) is 2.45. The van der Waals surface area contributed by atoms with E-state index in [1.807, 2.05) is 36.6 Å². The normalized spacial score (nSPS) is 12.5. The molecule has 0 aliphatic rings. The number of hydrogen-bond donors (Lipinski definition) is 1. The lowest BCUT2D eigenvalue weighted by molar-refractivity contribution is -0.123. The lowest BCUT2D eigenvalue weighted by Crippen LogP contribution is -2.49. The van der Waals surface area contributed by atoms with E-state index < -0.39 is 23.6 Å². The van der Waals surface area contributed by atoms with Crippen molar-refractivity contribution in [3.05, 3.63) is 35.9 Å². The van der Waals surface area contributed by atoms with Crippen LogP contribution in [0.15, 0.2) is 30.3 Å². The summed E-state index contributed by atoms with van der Waals surface area (Å²) in [5.74, 6) is 0.225. The third kappa shape index (κ3) is 6.95. The summed E-state index contributed by atoms with van der Waals surface area (Å²) in [5.41, 5.74) is 5.83. The van der Waals surface area contributed by atoms with Gasteiger partial charge >= 0.3 is 6.09 Å². The summed E-state index contributed by atoms with van der Waals surface area (Å²) in [6.45, 7) is 5.68. The Balaban J connectivity index is 3.02. The van der Waals surface area contributed by atoms with E-state index in [4.69, 9.17) is 10.5 Å². The molecule has 0 saturated carbocycles. The minimum absolute atomic E-state index is 0.289. The summed E-state index contributed by atoms with van der Waals surface area (Å²) >= 11 is 1.61. The topological polar surface area (TPSA) is 72.6 Å². The maximum absolute atomic E-state index is 12.6. The van der Waals surface area contributed by atoms with Crippen molar-refractivity contribution >= 4 is 23.8 Å². The molecule has 0 aliphatic heterocycles. The molecule has 0 heterocycles. The number of amides is 2. The number of benzene rings is 1. The molecule has 1 atom stereocenters. The van der Waals surface area contributed by atoms with Crippen molar-refractivity contribution in [3.8, 4) is 0 Å². The molecule has 0 aromatic heterocycles. The van der Waals surface area contributed by atoms with Gasteiger partial charge in [-0.3, -0.25) is 9.69 Å². The fraction of sp³-hybridized carbons (Fsp3) is 0.529. The van der Waals surface area contributed by atoms with Gasteiger partial charge in [-0.25, -0.2) is 4.79 Å². The highest BCUT2D eigenvalue weighted by molar-refractivity contribution is 7.98. The second-order valence-corrected chi connectivity index (χ2v) is 7.28. The van der Waals surface area contributed by atoms with Gasteiger partial charge in [0.2, 0.25) is 5.91 Å². The van der Waals surface area contributed by atoms with Crippen LogP contribution in [0.1, 0.15) is 32.8 Å². The lowest BCUT2D eigenvalue weighted by atomic mass is 10.1. The van der Waals surface area contributed by atoms with Crippen molar-refractivity contribution in [3.63, 3.8) is 0 Å². The van der Waals surface area contributed by atoms with Gasteiger partial charge in [-0.05, 0) is 44.8 Å². The van der Waals surface area contributed by atoms with Gasteiger partial charge in [-0.1, -0.05) is 30.3 Å². The first-order chi connectivity index (χ1) is 10.7. The van der Waals surface area contributed by atoms with Crippen molar-refractivity contribution < 1.29 is 14.3 Å². The molecular weight excluding hydrogens is 312 g/mol. The van der Waals surface area contributed by atoms with E-state index in [1.54, 1.807) is 32.5 Å². The highest BCUT2D eigenvalue weighted by Crippen LogP contribution is 2.18. The number of nitrogens with zero attached hydrogens (tertiary/aromatic N) is 1. The lowest BCUT2D eigenvalue weighted by Gasteiger charge is -2.32. The predicted octanol–water partition coefficient (Wildman–Crippen LogP) is 3.03. The molecule has 0 saturated heterocycles. The van der Waals surface area contributed by atoms with E-state index >= 15 is 0 Å². The van der Waals surface area contributed by atoms with Gasteiger partial charge in [-0.2, -0.15) is 11.8 Å². The zero-order valence-electron chi connectivity index (χ0n) is 14.2. The van der Waals surface area contributed by atoms with Gasteiger partial charge in [0.25, 0.3) is 0 Å².